The van der Waals surface area contributed by atoms with Crippen LogP contribution in [0.1, 0.15) is 32.9 Å². The average Bonchev–Trinajstić information content (AvgIpc) is 2.65. The van der Waals surface area contributed by atoms with Crippen LogP contribution in [0.3, 0.4) is 0 Å². The van der Waals surface area contributed by atoms with Crippen LogP contribution in [0.15, 0.2) is 23.9 Å². The molecule has 15 heavy (non-hydrogen) atoms. The van der Waals surface area contributed by atoms with E-state index in [1.54, 1.807) is 0 Å². The molecule has 0 amide bonds. The smallest absolute Gasteiger partial charge is 0.0406 e. The summed E-state index contributed by atoms with van der Waals surface area (Å²) < 4.78 is 2.30. The second-order valence-electron chi connectivity index (χ2n) is 4.03. The van der Waals surface area contributed by atoms with Crippen LogP contribution < -0.4 is 5.32 Å². The number of nitrogens with zero attached hydrogens (tertiary/aromatic N) is 1. The van der Waals surface area contributed by atoms with E-state index in [-0.39, 0.29) is 0 Å². The van der Waals surface area contributed by atoms with E-state index in [0.717, 1.165) is 6.54 Å². The van der Waals surface area contributed by atoms with Crippen LogP contribution in [-0.4, -0.2) is 17.7 Å². The van der Waals surface area contributed by atoms with Gasteiger partial charge in [0.2, 0.25) is 0 Å². The molecular weight excluding hydrogens is 184 g/mol. The molecule has 0 aliphatic rings. The Kier molecular flexibility index (Phi) is 4.63. The van der Waals surface area contributed by atoms with Crippen LogP contribution in [0.2, 0.25) is 0 Å². The molecule has 1 N–H and O–H groups in total. The second-order valence-corrected chi connectivity index (χ2v) is 4.03. The maximum absolute atomic E-state index is 3.25. The van der Waals surface area contributed by atoms with Crippen molar-refractivity contribution in [3.05, 3.63) is 29.6 Å². The lowest BCUT2D eigenvalue weighted by molar-refractivity contribution is 0.673. The zero-order valence-electron chi connectivity index (χ0n) is 10.2. The number of hydrogen-bond acceptors (Lipinski definition) is 1. The maximum atomic E-state index is 3.25. The molecule has 2 heteroatoms. The summed E-state index contributed by atoms with van der Waals surface area (Å²) in [7, 11) is 1.99. The summed E-state index contributed by atoms with van der Waals surface area (Å²) in [5.74, 6) is 0. The summed E-state index contributed by atoms with van der Waals surface area (Å²) in [6, 6.07) is 4.72. The van der Waals surface area contributed by atoms with Gasteiger partial charge in [-0.05, 0) is 45.5 Å². The molecule has 0 aliphatic carbocycles. The summed E-state index contributed by atoms with van der Waals surface area (Å²) in [6.45, 7) is 7.65. The summed E-state index contributed by atoms with van der Waals surface area (Å²) in [5, 5.41) is 3.25. The van der Waals surface area contributed by atoms with E-state index in [1.165, 1.54) is 17.7 Å². The Morgan fingerprint density at radius 2 is 2.33 bits per heavy atom. The number of nitrogens with one attached hydrogen (secondary N) is 1. The van der Waals surface area contributed by atoms with Gasteiger partial charge in [-0.15, -0.1) is 0 Å². The lowest BCUT2D eigenvalue weighted by Crippen LogP contribution is -2.22. The Labute approximate surface area is 93.0 Å². The molecule has 0 aromatic carbocycles. The van der Waals surface area contributed by atoms with Gasteiger partial charge in [-0.3, -0.25) is 0 Å². The van der Waals surface area contributed by atoms with Gasteiger partial charge in [0.25, 0.3) is 0 Å². The molecule has 0 saturated carbocycles. The third-order valence-corrected chi connectivity index (χ3v) is 2.82. The van der Waals surface area contributed by atoms with Gasteiger partial charge in [0.05, 0.1) is 0 Å². The van der Waals surface area contributed by atoms with Gasteiger partial charge in [0.1, 0.15) is 0 Å². The van der Waals surface area contributed by atoms with Crippen molar-refractivity contribution in [1.29, 1.82) is 0 Å². The van der Waals surface area contributed by atoms with Crippen LogP contribution in [0.5, 0.6) is 0 Å². The molecule has 0 aliphatic heterocycles. The molecule has 0 spiro atoms. The molecular formula is C13H22N2. The van der Waals surface area contributed by atoms with E-state index in [4.69, 9.17) is 0 Å². The molecule has 1 atom stereocenters. The van der Waals surface area contributed by atoms with E-state index < -0.39 is 0 Å². The third-order valence-electron chi connectivity index (χ3n) is 2.82. The van der Waals surface area contributed by atoms with Gasteiger partial charge in [-0.2, -0.15) is 0 Å². The lowest BCUT2D eigenvalue weighted by atomic mass is 10.1. The summed E-state index contributed by atoms with van der Waals surface area (Å²) in [5.41, 5.74) is 2.67. The van der Waals surface area contributed by atoms with E-state index in [9.17, 15) is 0 Å². The Morgan fingerprint density at radius 3 is 2.93 bits per heavy atom. The molecule has 0 radical (unpaired) electrons. The Balaban J connectivity index is 2.82. The minimum Gasteiger partial charge on any atom is -0.348 e. The average molecular weight is 206 g/mol. The first-order valence-corrected chi connectivity index (χ1v) is 5.69. The molecule has 0 saturated heterocycles. The van der Waals surface area contributed by atoms with E-state index in [0.29, 0.717) is 6.04 Å². The molecule has 1 unspecified atom stereocenters. The van der Waals surface area contributed by atoms with Gasteiger partial charge in [0, 0.05) is 24.5 Å². The fraction of sp³-hybridized carbons (Fsp3) is 0.538. The minimum atomic E-state index is 0.440. The normalized spacial score (nSPS) is 14.3. The molecule has 1 heterocycles. The first kappa shape index (κ1) is 12.1. The first-order valence-electron chi connectivity index (χ1n) is 5.69. The molecule has 1 aromatic heterocycles. The van der Waals surface area contributed by atoms with Crippen LogP contribution in [-0.2, 0) is 6.54 Å². The topological polar surface area (TPSA) is 17.0 Å². The van der Waals surface area contributed by atoms with Crippen molar-refractivity contribution < 1.29 is 0 Å². The Morgan fingerprint density at radius 1 is 1.60 bits per heavy atom. The van der Waals surface area contributed by atoms with E-state index in [1.807, 2.05) is 7.05 Å². The van der Waals surface area contributed by atoms with Crippen molar-refractivity contribution in [2.24, 2.45) is 0 Å². The highest BCUT2D eigenvalue weighted by Gasteiger charge is 2.02. The van der Waals surface area contributed by atoms with Gasteiger partial charge >= 0.3 is 0 Å². The number of aromatic nitrogens is 1. The molecule has 84 valence electrons. The van der Waals surface area contributed by atoms with Crippen molar-refractivity contribution >= 4 is 6.08 Å². The predicted molar refractivity (Wildman–Crippen MR) is 66.9 cm³/mol. The molecule has 0 fully saturated rings. The van der Waals surface area contributed by atoms with Crippen LogP contribution >= 0.6 is 0 Å². The zero-order chi connectivity index (χ0) is 11.3. The van der Waals surface area contributed by atoms with Gasteiger partial charge < -0.3 is 9.88 Å². The molecule has 0 bridgehead atoms. The minimum absolute atomic E-state index is 0.440. The summed E-state index contributed by atoms with van der Waals surface area (Å²) in [4.78, 5) is 0. The number of rotatable bonds is 5. The summed E-state index contributed by atoms with van der Waals surface area (Å²) >= 11 is 0. The number of hydrogen-bond donors (Lipinski definition) is 1. The van der Waals surface area contributed by atoms with Crippen molar-refractivity contribution in [2.75, 3.05) is 7.05 Å². The highest BCUT2D eigenvalue weighted by atomic mass is 15.0. The van der Waals surface area contributed by atoms with Crippen LogP contribution in [0.25, 0.3) is 6.08 Å². The monoisotopic (exact) mass is 206 g/mol. The first-order chi connectivity index (χ1) is 7.19. The quantitative estimate of drug-likeness (QED) is 0.784. The largest absolute Gasteiger partial charge is 0.348 e. The van der Waals surface area contributed by atoms with Crippen molar-refractivity contribution in [2.45, 2.75) is 39.8 Å². The highest BCUT2D eigenvalue weighted by Crippen LogP contribution is 2.11. The maximum Gasteiger partial charge on any atom is 0.0406 e. The van der Waals surface area contributed by atoms with Crippen LogP contribution in [0.4, 0.5) is 0 Å². The van der Waals surface area contributed by atoms with Crippen molar-refractivity contribution in [3.63, 3.8) is 0 Å². The lowest BCUT2D eigenvalue weighted by Gasteiger charge is -2.11. The van der Waals surface area contributed by atoms with Crippen molar-refractivity contribution in [1.82, 2.24) is 9.88 Å². The van der Waals surface area contributed by atoms with Gasteiger partial charge in [-0.1, -0.05) is 12.5 Å². The standard InChI is InChI=1S/C13H22N2/c1-5-8-15-9-6-7-13(15)10-11(2)12(3)14-4/h6-7,9-10,12,14H,5,8H2,1-4H3/b11-10-. The zero-order valence-corrected chi connectivity index (χ0v) is 10.2. The van der Waals surface area contributed by atoms with Crippen LogP contribution in [0, 0.1) is 0 Å². The number of aryl methyl sites for hydroxylation is 1. The van der Waals surface area contributed by atoms with E-state index >= 15 is 0 Å². The SMILES string of the molecule is CCCn1cccc1/C=C(/C)C(C)NC. The fourth-order valence-electron chi connectivity index (χ4n) is 1.59. The highest BCUT2D eigenvalue weighted by molar-refractivity contribution is 5.50. The predicted octanol–water partition coefficient (Wildman–Crippen LogP) is 2.91. The fourth-order valence-corrected chi connectivity index (χ4v) is 1.59. The van der Waals surface area contributed by atoms with Gasteiger partial charge in [0.15, 0.2) is 0 Å². The Bertz CT molecular complexity index is 323. The molecule has 1 rings (SSSR count). The number of likely N-dealkylation sites (N-methyl/N-ethyl adjacent to an activating group) is 1. The molecule has 1 aromatic rings. The Hall–Kier alpha value is -1.02. The van der Waals surface area contributed by atoms with E-state index in [2.05, 4.69) is 55.1 Å². The second kappa shape index (κ2) is 5.76. The van der Waals surface area contributed by atoms with Crippen molar-refractivity contribution in [3.8, 4) is 0 Å². The summed E-state index contributed by atoms with van der Waals surface area (Å²) in [6.07, 6.45) is 5.58. The third kappa shape index (κ3) is 3.24. The van der Waals surface area contributed by atoms with Gasteiger partial charge in [-0.25, -0.2) is 0 Å². The molecule has 2 nitrogen and oxygen atoms in total.